The number of benzene rings is 1. The Morgan fingerprint density at radius 1 is 1.22 bits per heavy atom. The number of esters is 1. The van der Waals surface area contributed by atoms with E-state index < -0.39 is 0 Å². The van der Waals surface area contributed by atoms with Gasteiger partial charge in [0, 0.05) is 12.8 Å². The summed E-state index contributed by atoms with van der Waals surface area (Å²) >= 11 is 0. The molecule has 1 aromatic rings. The van der Waals surface area contributed by atoms with Gasteiger partial charge >= 0.3 is 5.97 Å². The van der Waals surface area contributed by atoms with Crippen LogP contribution < -0.4 is 4.74 Å². The molecule has 5 nitrogen and oxygen atoms in total. The summed E-state index contributed by atoms with van der Waals surface area (Å²) < 4.78 is 16.7. The normalized spacial score (nSPS) is 29.8. The molecule has 0 radical (unpaired) electrons. The van der Waals surface area contributed by atoms with Crippen molar-refractivity contribution < 1.29 is 23.8 Å². The lowest BCUT2D eigenvalue weighted by molar-refractivity contribution is -0.159. The van der Waals surface area contributed by atoms with Crippen LogP contribution in [-0.2, 0) is 19.1 Å². The van der Waals surface area contributed by atoms with E-state index in [2.05, 4.69) is 0 Å². The first kappa shape index (κ1) is 15.6. The summed E-state index contributed by atoms with van der Waals surface area (Å²) in [7, 11) is 0. The molecule has 1 aliphatic carbocycles. The smallest absolute Gasteiger partial charge is 0.302 e. The van der Waals surface area contributed by atoms with Crippen molar-refractivity contribution in [1.82, 2.24) is 0 Å². The molecule has 23 heavy (non-hydrogen) atoms. The first-order chi connectivity index (χ1) is 11.1. The quantitative estimate of drug-likeness (QED) is 0.802. The second kappa shape index (κ2) is 6.44. The molecule has 2 aliphatic rings. The molecule has 1 fully saturated rings. The molecule has 0 aromatic heterocycles. The number of hydrogen-bond acceptors (Lipinski definition) is 5. The van der Waals surface area contributed by atoms with Crippen molar-refractivity contribution in [2.75, 3.05) is 0 Å². The minimum absolute atomic E-state index is 0.0314. The van der Waals surface area contributed by atoms with Crippen molar-refractivity contribution in [3.8, 4) is 5.75 Å². The van der Waals surface area contributed by atoms with Crippen molar-refractivity contribution in [3.63, 3.8) is 0 Å². The second-order valence-corrected chi connectivity index (χ2v) is 6.05. The molecule has 122 valence electrons. The molecule has 4 atom stereocenters. The first-order valence-corrected chi connectivity index (χ1v) is 7.86. The van der Waals surface area contributed by atoms with E-state index in [0.717, 1.165) is 0 Å². The number of carbonyl (C=O) groups excluding carboxylic acids is 2. The van der Waals surface area contributed by atoms with E-state index in [4.69, 9.17) is 14.2 Å². The first-order valence-electron chi connectivity index (χ1n) is 7.86. The van der Waals surface area contributed by atoms with Gasteiger partial charge in [0.2, 0.25) is 11.5 Å². The van der Waals surface area contributed by atoms with Gasteiger partial charge in [0.25, 0.3) is 0 Å². The Morgan fingerprint density at radius 2 is 1.96 bits per heavy atom. The van der Waals surface area contributed by atoms with Crippen LogP contribution in [-0.4, -0.2) is 24.0 Å². The van der Waals surface area contributed by atoms with Crippen molar-refractivity contribution in [2.45, 2.75) is 38.9 Å². The topological polar surface area (TPSA) is 61.8 Å². The van der Waals surface area contributed by atoms with Crippen LogP contribution in [0.15, 0.2) is 42.4 Å². The maximum absolute atomic E-state index is 12.7. The van der Waals surface area contributed by atoms with E-state index in [9.17, 15) is 9.59 Å². The third-order valence-corrected chi connectivity index (χ3v) is 4.46. The molecule has 1 heterocycles. The van der Waals surface area contributed by atoms with Gasteiger partial charge in [-0.2, -0.15) is 0 Å². The average Bonchev–Trinajstić information content (AvgIpc) is 2.53. The Bertz CT molecular complexity index is 622. The van der Waals surface area contributed by atoms with Gasteiger partial charge in [-0.15, -0.1) is 0 Å². The van der Waals surface area contributed by atoms with Crippen molar-refractivity contribution >= 4 is 11.8 Å². The summed E-state index contributed by atoms with van der Waals surface area (Å²) in [4.78, 5) is 23.8. The van der Waals surface area contributed by atoms with Crippen LogP contribution in [0.4, 0.5) is 0 Å². The molecule has 1 aromatic carbocycles. The maximum Gasteiger partial charge on any atom is 0.302 e. The molecule has 5 heteroatoms. The summed E-state index contributed by atoms with van der Waals surface area (Å²) in [6, 6.07) is 9.16. The van der Waals surface area contributed by atoms with Gasteiger partial charge in [0.05, 0.1) is 5.92 Å². The van der Waals surface area contributed by atoms with E-state index in [1.807, 2.05) is 25.1 Å². The van der Waals surface area contributed by atoms with Gasteiger partial charge in [0.15, 0.2) is 0 Å². The molecule has 1 saturated carbocycles. The number of fused-ring (bicyclic) bond motifs is 1. The predicted molar refractivity (Wildman–Crippen MR) is 82.5 cm³/mol. The van der Waals surface area contributed by atoms with Gasteiger partial charge in [-0.25, -0.2) is 0 Å². The third-order valence-electron chi connectivity index (χ3n) is 4.46. The Hall–Kier alpha value is -2.30. The molecule has 0 bridgehead atoms. The fourth-order valence-corrected chi connectivity index (χ4v) is 3.30. The molecule has 1 aliphatic heterocycles. The number of ketones is 1. The minimum atomic E-state index is -0.300. The van der Waals surface area contributed by atoms with Crippen LogP contribution in [0.5, 0.6) is 5.75 Å². The number of hydrogen-bond donors (Lipinski definition) is 0. The number of Topliss-reactive ketones (excluding diaryl/α,β-unsaturated/α-hetero) is 1. The Kier molecular flexibility index (Phi) is 4.37. The molecule has 4 unspecified atom stereocenters. The zero-order valence-electron chi connectivity index (χ0n) is 13.2. The Morgan fingerprint density at radius 3 is 2.65 bits per heavy atom. The number of allylic oxidation sites excluding steroid dienone is 1. The lowest BCUT2D eigenvalue weighted by Crippen LogP contribution is -2.48. The lowest BCUT2D eigenvalue weighted by atomic mass is 9.74. The molecular formula is C18H20O5. The van der Waals surface area contributed by atoms with Gasteiger partial charge in [0.1, 0.15) is 24.2 Å². The third kappa shape index (κ3) is 3.23. The minimum Gasteiger partial charge on any atom is -0.493 e. The molecule has 3 rings (SSSR count). The monoisotopic (exact) mass is 316 g/mol. The van der Waals surface area contributed by atoms with Crippen molar-refractivity contribution in [2.24, 2.45) is 11.8 Å². The van der Waals surface area contributed by atoms with E-state index >= 15 is 0 Å². The van der Waals surface area contributed by atoms with Crippen molar-refractivity contribution in [3.05, 3.63) is 42.4 Å². The van der Waals surface area contributed by atoms with Crippen LogP contribution in [0.1, 0.15) is 26.7 Å². The molecule has 0 amide bonds. The largest absolute Gasteiger partial charge is 0.493 e. The highest BCUT2D eigenvalue weighted by Crippen LogP contribution is 2.38. The van der Waals surface area contributed by atoms with E-state index in [-0.39, 0.29) is 41.6 Å². The van der Waals surface area contributed by atoms with E-state index in [1.54, 1.807) is 12.1 Å². The lowest BCUT2D eigenvalue weighted by Gasteiger charge is -2.41. The van der Waals surface area contributed by atoms with E-state index in [0.29, 0.717) is 18.6 Å². The van der Waals surface area contributed by atoms with Gasteiger partial charge in [-0.3, -0.25) is 9.59 Å². The molecule has 0 spiro atoms. The Labute approximate surface area is 135 Å². The maximum atomic E-state index is 12.7. The van der Waals surface area contributed by atoms with E-state index in [1.165, 1.54) is 13.2 Å². The van der Waals surface area contributed by atoms with Gasteiger partial charge < -0.3 is 14.2 Å². The zero-order valence-corrected chi connectivity index (χ0v) is 13.2. The zero-order chi connectivity index (χ0) is 16.4. The highest BCUT2D eigenvalue weighted by Gasteiger charge is 2.46. The number of ether oxygens (including phenoxy) is 3. The molecule has 0 saturated heterocycles. The second-order valence-electron chi connectivity index (χ2n) is 6.05. The van der Waals surface area contributed by atoms with Crippen LogP contribution in [0.3, 0.4) is 0 Å². The number of carbonyl (C=O) groups is 2. The Balaban J connectivity index is 1.73. The SMILES string of the molecule is CC(=O)OC1CCC2C(=O)C(Oc3ccccc3)=COC2C1C. The standard InChI is InChI=1S/C18H20O5/c1-11-15(22-12(2)19)9-8-14-17(20)16(10-21-18(11)14)23-13-6-4-3-5-7-13/h3-7,10-11,14-15,18H,8-9H2,1-2H3. The molecule has 0 N–H and O–H groups in total. The summed E-state index contributed by atoms with van der Waals surface area (Å²) in [6.45, 7) is 3.35. The summed E-state index contributed by atoms with van der Waals surface area (Å²) in [5, 5.41) is 0. The fourth-order valence-electron chi connectivity index (χ4n) is 3.30. The highest BCUT2D eigenvalue weighted by molar-refractivity contribution is 5.96. The molecular weight excluding hydrogens is 296 g/mol. The average molecular weight is 316 g/mol. The summed E-state index contributed by atoms with van der Waals surface area (Å²) in [5.74, 6) is 0.215. The van der Waals surface area contributed by atoms with Crippen molar-refractivity contribution in [1.29, 1.82) is 0 Å². The number of para-hydroxylation sites is 1. The van der Waals surface area contributed by atoms with Gasteiger partial charge in [-0.05, 0) is 25.0 Å². The number of rotatable bonds is 3. The fraction of sp³-hybridized carbons (Fsp3) is 0.444. The van der Waals surface area contributed by atoms with Gasteiger partial charge in [-0.1, -0.05) is 25.1 Å². The van der Waals surface area contributed by atoms with Crippen LogP contribution >= 0.6 is 0 Å². The van der Waals surface area contributed by atoms with Crippen LogP contribution in [0.25, 0.3) is 0 Å². The van der Waals surface area contributed by atoms with Crippen LogP contribution in [0.2, 0.25) is 0 Å². The van der Waals surface area contributed by atoms with Crippen LogP contribution in [0, 0.1) is 11.8 Å². The highest BCUT2D eigenvalue weighted by atomic mass is 16.6. The summed E-state index contributed by atoms with van der Waals surface area (Å²) in [6.07, 6.45) is 2.20. The summed E-state index contributed by atoms with van der Waals surface area (Å²) in [5.41, 5.74) is 0. The predicted octanol–water partition coefficient (Wildman–Crippen LogP) is 2.85.